The Morgan fingerprint density at radius 2 is 1.95 bits per heavy atom. The van der Waals surface area contributed by atoms with Crippen molar-refractivity contribution < 1.29 is 23.9 Å². The minimum atomic E-state index is -1.70. The van der Waals surface area contributed by atoms with Crippen LogP contribution in [-0.2, 0) is 9.47 Å². The molecule has 1 aromatic carbocycles. The zero-order valence-electron chi connectivity index (χ0n) is 22.9. The summed E-state index contributed by atoms with van der Waals surface area (Å²) in [4.78, 5) is 13.4. The predicted molar refractivity (Wildman–Crippen MR) is 152 cm³/mol. The van der Waals surface area contributed by atoms with Gasteiger partial charge < -0.3 is 34.7 Å². The van der Waals surface area contributed by atoms with Crippen LogP contribution in [0.25, 0.3) is 0 Å². The highest BCUT2D eigenvalue weighted by molar-refractivity contribution is 7.14. The van der Waals surface area contributed by atoms with E-state index in [4.69, 9.17) is 9.47 Å². The number of ether oxygens (including phenoxy) is 2. The first-order valence-electron chi connectivity index (χ1n) is 14.3. The Bertz CT molecular complexity index is 1000. The average molecular weight is 562 g/mol. The molecule has 1 amide bonds. The molecule has 11 heteroatoms. The number of anilines is 2. The fraction of sp³-hybridized carbons (Fsp3) is 0.679. The standard InChI is InChI=1S/C28H43N5O5S/c1-37-16-9-17-38-25(22-12-6-3-7-13-22)23-14-8-15-33(20-23)27-26(31-39(36)32-27)30-24(19-29-28(34)35)18-21-10-4-2-5-11-21/h3,6-7,12-13,21,23-25,29H,2,4-5,8-11,14-20H2,1H3,(H,30,31)(H,34,35)/t23?,24-,25?,39?/m1/s1. The first kappa shape index (κ1) is 29.5. The molecule has 1 saturated heterocycles. The number of carbonyl (C=O) groups is 1. The Morgan fingerprint density at radius 1 is 1.15 bits per heavy atom. The van der Waals surface area contributed by atoms with E-state index in [1.165, 1.54) is 19.3 Å². The van der Waals surface area contributed by atoms with Crippen LogP contribution in [-0.4, -0.2) is 70.5 Å². The van der Waals surface area contributed by atoms with Crippen LogP contribution in [0.15, 0.2) is 30.3 Å². The molecule has 2 fully saturated rings. The van der Waals surface area contributed by atoms with Crippen molar-refractivity contribution in [2.24, 2.45) is 11.8 Å². The van der Waals surface area contributed by atoms with Crippen molar-refractivity contribution in [1.29, 1.82) is 0 Å². The van der Waals surface area contributed by atoms with Gasteiger partial charge in [0.05, 0.1) is 6.10 Å². The Kier molecular flexibility index (Phi) is 11.6. The summed E-state index contributed by atoms with van der Waals surface area (Å²) in [6.45, 7) is 3.03. The third-order valence-electron chi connectivity index (χ3n) is 7.83. The number of aromatic nitrogens is 2. The van der Waals surface area contributed by atoms with Crippen LogP contribution >= 0.6 is 11.1 Å². The summed E-state index contributed by atoms with van der Waals surface area (Å²) in [5.74, 6) is 1.88. The van der Waals surface area contributed by atoms with E-state index in [9.17, 15) is 14.5 Å². The summed E-state index contributed by atoms with van der Waals surface area (Å²) in [5, 5.41) is 15.2. The van der Waals surface area contributed by atoms with Crippen LogP contribution in [0.3, 0.4) is 0 Å². The summed E-state index contributed by atoms with van der Waals surface area (Å²) < 4.78 is 32.8. The summed E-state index contributed by atoms with van der Waals surface area (Å²) >= 11 is -1.70. The zero-order valence-corrected chi connectivity index (χ0v) is 23.7. The summed E-state index contributed by atoms with van der Waals surface area (Å²) in [6, 6.07) is 10.2. The molecule has 4 atom stereocenters. The Labute approximate surface area is 234 Å². The largest absolute Gasteiger partial charge is 0.546 e. The number of piperidine rings is 1. The number of hydrogen-bond donors (Lipinski definition) is 3. The maximum absolute atomic E-state index is 12.5. The lowest BCUT2D eigenvalue weighted by atomic mass is 9.85. The monoisotopic (exact) mass is 561 g/mol. The lowest BCUT2D eigenvalue weighted by Crippen LogP contribution is -2.40. The number of nitrogens with zero attached hydrogens (tertiary/aromatic N) is 3. The van der Waals surface area contributed by atoms with Crippen molar-refractivity contribution in [2.45, 2.75) is 69.9 Å². The van der Waals surface area contributed by atoms with Crippen molar-refractivity contribution >= 4 is 28.9 Å². The molecule has 0 spiro atoms. The second kappa shape index (κ2) is 15.4. The van der Waals surface area contributed by atoms with Crippen molar-refractivity contribution in [3.63, 3.8) is 0 Å². The quantitative estimate of drug-likeness (QED) is 0.209. The van der Waals surface area contributed by atoms with Gasteiger partial charge in [-0.2, -0.15) is 0 Å². The van der Waals surface area contributed by atoms with E-state index in [-0.39, 0.29) is 24.6 Å². The van der Waals surface area contributed by atoms with E-state index in [1.54, 1.807) is 7.11 Å². The number of benzene rings is 1. The number of nitrogens with one attached hydrogen (secondary N) is 2. The van der Waals surface area contributed by atoms with Crippen LogP contribution in [0.4, 0.5) is 16.4 Å². The van der Waals surface area contributed by atoms with Crippen molar-refractivity contribution in [1.82, 2.24) is 14.1 Å². The van der Waals surface area contributed by atoms with Crippen LogP contribution in [0.1, 0.15) is 69.5 Å². The fourth-order valence-electron chi connectivity index (χ4n) is 5.99. The summed E-state index contributed by atoms with van der Waals surface area (Å²) in [6.07, 6.45) is 8.54. The number of rotatable bonds is 14. The average Bonchev–Trinajstić information content (AvgIpc) is 3.32. The van der Waals surface area contributed by atoms with Crippen LogP contribution in [0.2, 0.25) is 0 Å². The number of methoxy groups -OCH3 is 1. The molecule has 2 aliphatic rings. The highest BCUT2D eigenvalue weighted by atomic mass is 32.2. The second-order valence-corrected chi connectivity index (χ2v) is 11.6. The first-order chi connectivity index (χ1) is 19.0. The Hall–Kier alpha value is -2.47. The Morgan fingerprint density at radius 3 is 2.69 bits per heavy atom. The molecule has 10 nitrogen and oxygen atoms in total. The van der Waals surface area contributed by atoms with Crippen LogP contribution in [0, 0.1) is 11.8 Å². The third-order valence-corrected chi connectivity index (χ3v) is 8.50. The molecular weight excluding hydrogens is 518 g/mol. The van der Waals surface area contributed by atoms with Crippen LogP contribution in [0.5, 0.6) is 0 Å². The molecule has 0 radical (unpaired) electrons. The van der Waals surface area contributed by atoms with E-state index < -0.39 is 17.2 Å². The Balaban J connectivity index is 1.48. The molecule has 216 valence electrons. The molecule has 39 heavy (non-hydrogen) atoms. The van der Waals surface area contributed by atoms with Gasteiger partial charge in [0.25, 0.3) is 0 Å². The SMILES string of the molecule is COCCCOC(c1ccccc1)C1CCCN(c2n[s+]([O-])nc2N[C@@H](CNC(=O)O)CC2CCCCC2)C1. The number of hydrogen-bond acceptors (Lipinski definition) is 8. The first-order valence-corrected chi connectivity index (χ1v) is 15.3. The van der Waals surface area contributed by atoms with Crippen molar-refractivity contribution in [3.8, 4) is 0 Å². The van der Waals surface area contributed by atoms with Gasteiger partial charge in [-0.3, -0.25) is 0 Å². The molecule has 0 bridgehead atoms. The maximum atomic E-state index is 12.5. The number of carboxylic acid groups (broad SMARTS) is 1. The minimum absolute atomic E-state index is 0.0643. The van der Waals surface area contributed by atoms with Gasteiger partial charge in [0.15, 0.2) is 11.1 Å². The van der Waals surface area contributed by atoms with Gasteiger partial charge in [0.1, 0.15) is 0 Å². The van der Waals surface area contributed by atoms with Gasteiger partial charge in [-0.05, 0) is 37.2 Å². The van der Waals surface area contributed by atoms with Gasteiger partial charge in [-0.25, -0.2) is 4.79 Å². The highest BCUT2D eigenvalue weighted by Crippen LogP contribution is 2.37. The molecule has 3 N–H and O–H groups in total. The predicted octanol–water partition coefficient (Wildman–Crippen LogP) is 5.23. The topological polar surface area (TPSA) is 132 Å². The van der Waals surface area contributed by atoms with Gasteiger partial charge in [-0.15, -0.1) is 0 Å². The lowest BCUT2D eigenvalue weighted by Gasteiger charge is -2.37. The minimum Gasteiger partial charge on any atom is -0.546 e. The van der Waals surface area contributed by atoms with Crippen molar-refractivity contribution in [2.75, 3.05) is 50.2 Å². The molecule has 1 aliphatic heterocycles. The normalized spacial score (nSPS) is 20.4. The molecule has 2 aromatic rings. The van der Waals surface area contributed by atoms with E-state index in [0.29, 0.717) is 37.3 Å². The fourth-order valence-corrected chi connectivity index (χ4v) is 6.67. The van der Waals surface area contributed by atoms with Gasteiger partial charge in [-0.1, -0.05) is 62.4 Å². The van der Waals surface area contributed by atoms with E-state index in [1.807, 2.05) is 18.2 Å². The summed E-state index contributed by atoms with van der Waals surface area (Å²) in [5.41, 5.74) is 1.15. The lowest BCUT2D eigenvalue weighted by molar-refractivity contribution is -0.00237. The third kappa shape index (κ3) is 9.02. The molecular formula is C28H43N5O5S. The zero-order chi connectivity index (χ0) is 27.5. The van der Waals surface area contributed by atoms with Gasteiger partial charge >= 0.3 is 6.09 Å². The smallest absolute Gasteiger partial charge is 0.404 e. The van der Waals surface area contributed by atoms with E-state index >= 15 is 0 Å². The van der Waals surface area contributed by atoms with E-state index in [0.717, 1.165) is 50.6 Å². The molecule has 1 aliphatic carbocycles. The molecule has 4 rings (SSSR count). The van der Waals surface area contributed by atoms with E-state index in [2.05, 4.69) is 36.4 Å². The molecule has 2 heterocycles. The maximum Gasteiger partial charge on any atom is 0.404 e. The summed E-state index contributed by atoms with van der Waals surface area (Å²) in [7, 11) is 1.70. The second-order valence-electron chi connectivity index (χ2n) is 10.7. The highest BCUT2D eigenvalue weighted by Gasteiger charge is 2.33. The van der Waals surface area contributed by atoms with Gasteiger partial charge in [0.2, 0.25) is 11.6 Å². The molecule has 1 aromatic heterocycles. The van der Waals surface area contributed by atoms with Crippen molar-refractivity contribution in [3.05, 3.63) is 35.9 Å². The van der Waals surface area contributed by atoms with Gasteiger partial charge in [0, 0.05) is 60.7 Å². The number of amides is 1. The molecule has 3 unspecified atom stereocenters. The molecule has 1 saturated carbocycles. The van der Waals surface area contributed by atoms with Crippen LogP contribution < -0.4 is 15.5 Å².